The van der Waals surface area contributed by atoms with Crippen LogP contribution in [0, 0.1) is 0 Å². The maximum absolute atomic E-state index is 13.6. The number of hydrogen-bond donors (Lipinski definition) is 0. The van der Waals surface area contributed by atoms with Crippen molar-refractivity contribution in [2.24, 2.45) is 0 Å². The van der Waals surface area contributed by atoms with E-state index in [4.69, 9.17) is 14.1 Å². The minimum Gasteiger partial charge on any atom is -0.494 e. The molecule has 0 saturated heterocycles. The Balaban J connectivity index is 1.60. The number of anilines is 1. The summed E-state index contributed by atoms with van der Waals surface area (Å²) in [5, 5.41) is 2.72. The Bertz CT molecular complexity index is 1340. The van der Waals surface area contributed by atoms with Gasteiger partial charge in [0.05, 0.1) is 24.6 Å². The molecule has 0 aliphatic heterocycles. The molecule has 0 aliphatic rings. The fourth-order valence-corrected chi connectivity index (χ4v) is 4.44. The van der Waals surface area contributed by atoms with E-state index >= 15 is 0 Å². The van der Waals surface area contributed by atoms with E-state index in [1.165, 1.54) is 11.3 Å². The summed E-state index contributed by atoms with van der Waals surface area (Å²) in [6, 6.07) is 23.2. The van der Waals surface area contributed by atoms with Crippen molar-refractivity contribution in [3.63, 3.8) is 0 Å². The van der Waals surface area contributed by atoms with Crippen molar-refractivity contribution < 1.29 is 13.9 Å². The highest BCUT2D eigenvalue weighted by Gasteiger charge is 2.23. The number of rotatable bonds is 5. The zero-order valence-corrected chi connectivity index (χ0v) is 17.1. The van der Waals surface area contributed by atoms with Crippen molar-refractivity contribution in [2.75, 3.05) is 12.0 Å². The van der Waals surface area contributed by atoms with Crippen LogP contribution in [0.2, 0.25) is 0 Å². The average Bonchev–Trinajstić information content (AvgIpc) is 3.46. The van der Waals surface area contributed by atoms with Crippen molar-refractivity contribution in [3.8, 4) is 5.75 Å². The standard InChI is InChI=1S/C24H18N2O3S/c1-28-20-9-4-10-21-22(20)25-24(30-21)26(15-19-8-5-13-29-19)23(27)18-12-11-16-6-2-3-7-17(16)14-18/h2-14H,15H2,1H3. The fraction of sp³-hybridized carbons (Fsp3) is 0.0833. The number of para-hydroxylation sites is 1. The van der Waals surface area contributed by atoms with Crippen molar-refractivity contribution in [3.05, 3.63) is 90.4 Å². The first kappa shape index (κ1) is 18.4. The number of carbonyl (C=O) groups is 1. The van der Waals surface area contributed by atoms with Crippen LogP contribution in [0.4, 0.5) is 5.13 Å². The van der Waals surface area contributed by atoms with Gasteiger partial charge in [0, 0.05) is 5.56 Å². The fourth-order valence-electron chi connectivity index (χ4n) is 3.45. The van der Waals surface area contributed by atoms with Crippen LogP contribution in [-0.2, 0) is 6.54 Å². The lowest BCUT2D eigenvalue weighted by molar-refractivity contribution is 0.0983. The topological polar surface area (TPSA) is 55.6 Å². The zero-order chi connectivity index (χ0) is 20.5. The molecule has 1 amide bonds. The summed E-state index contributed by atoms with van der Waals surface area (Å²) in [7, 11) is 1.62. The Labute approximate surface area is 177 Å². The molecule has 0 spiro atoms. The van der Waals surface area contributed by atoms with E-state index in [0.717, 1.165) is 21.0 Å². The molecular weight excluding hydrogens is 396 g/mol. The van der Waals surface area contributed by atoms with E-state index in [1.807, 2.05) is 72.8 Å². The second-order valence-electron chi connectivity index (χ2n) is 6.84. The molecule has 3 aromatic carbocycles. The van der Waals surface area contributed by atoms with Gasteiger partial charge in [-0.1, -0.05) is 47.7 Å². The molecule has 148 valence electrons. The van der Waals surface area contributed by atoms with Crippen LogP contribution < -0.4 is 9.64 Å². The number of furan rings is 1. The Kier molecular flexibility index (Phi) is 4.69. The Hall–Kier alpha value is -3.64. The van der Waals surface area contributed by atoms with Gasteiger partial charge in [-0.25, -0.2) is 4.98 Å². The number of hydrogen-bond acceptors (Lipinski definition) is 5. The van der Waals surface area contributed by atoms with Gasteiger partial charge < -0.3 is 9.15 Å². The summed E-state index contributed by atoms with van der Waals surface area (Å²) in [6.45, 7) is 0.292. The van der Waals surface area contributed by atoms with Crippen LogP contribution in [0.5, 0.6) is 5.75 Å². The smallest absolute Gasteiger partial charge is 0.260 e. The van der Waals surface area contributed by atoms with E-state index in [1.54, 1.807) is 18.3 Å². The van der Waals surface area contributed by atoms with Gasteiger partial charge in [-0.2, -0.15) is 0 Å². The summed E-state index contributed by atoms with van der Waals surface area (Å²) >= 11 is 1.46. The van der Waals surface area contributed by atoms with Crippen molar-refractivity contribution in [1.29, 1.82) is 0 Å². The highest BCUT2D eigenvalue weighted by atomic mass is 32.1. The first-order chi connectivity index (χ1) is 14.7. The Morgan fingerprint density at radius 3 is 2.70 bits per heavy atom. The number of methoxy groups -OCH3 is 1. The number of nitrogens with zero attached hydrogens (tertiary/aromatic N) is 2. The summed E-state index contributed by atoms with van der Waals surface area (Å²) in [6.07, 6.45) is 1.61. The third-order valence-electron chi connectivity index (χ3n) is 4.96. The van der Waals surface area contributed by atoms with Crippen molar-refractivity contribution in [1.82, 2.24) is 4.98 Å². The number of benzene rings is 3. The van der Waals surface area contributed by atoms with Gasteiger partial charge in [-0.05, 0) is 47.2 Å². The maximum Gasteiger partial charge on any atom is 0.260 e. The molecular formula is C24H18N2O3S. The predicted octanol–water partition coefficient (Wildman–Crippen LogP) is 5.90. The highest BCUT2D eigenvalue weighted by Crippen LogP contribution is 2.35. The maximum atomic E-state index is 13.6. The summed E-state index contributed by atoms with van der Waals surface area (Å²) < 4.78 is 11.9. The molecule has 0 unspecified atom stereocenters. The second kappa shape index (κ2) is 7.65. The predicted molar refractivity (Wildman–Crippen MR) is 119 cm³/mol. The van der Waals surface area contributed by atoms with Gasteiger partial charge >= 0.3 is 0 Å². The molecule has 0 radical (unpaired) electrons. The molecule has 2 heterocycles. The quantitative estimate of drug-likeness (QED) is 0.359. The summed E-state index contributed by atoms with van der Waals surface area (Å²) in [5.41, 5.74) is 1.35. The number of amides is 1. The molecule has 0 atom stereocenters. The molecule has 2 aromatic heterocycles. The number of thiazole rings is 1. The van der Waals surface area contributed by atoms with Crippen LogP contribution in [0.25, 0.3) is 21.0 Å². The average molecular weight is 414 g/mol. The SMILES string of the molecule is COc1cccc2sc(N(Cc3ccco3)C(=O)c3ccc4ccccc4c3)nc12. The molecule has 30 heavy (non-hydrogen) atoms. The molecule has 5 aromatic rings. The zero-order valence-electron chi connectivity index (χ0n) is 16.2. The molecule has 0 N–H and O–H groups in total. The van der Waals surface area contributed by atoms with Crippen LogP contribution in [0.15, 0.2) is 83.5 Å². The lowest BCUT2D eigenvalue weighted by Gasteiger charge is -2.19. The third kappa shape index (κ3) is 3.31. The molecule has 0 saturated carbocycles. The van der Waals surface area contributed by atoms with Gasteiger partial charge in [0.15, 0.2) is 5.13 Å². The van der Waals surface area contributed by atoms with Crippen LogP contribution in [-0.4, -0.2) is 18.0 Å². The van der Waals surface area contributed by atoms with Gasteiger partial charge in [-0.3, -0.25) is 9.69 Å². The molecule has 5 rings (SSSR count). The molecule has 6 heteroatoms. The number of carbonyl (C=O) groups excluding carboxylic acids is 1. The van der Waals surface area contributed by atoms with Crippen LogP contribution in [0.1, 0.15) is 16.1 Å². The number of ether oxygens (including phenoxy) is 1. The Morgan fingerprint density at radius 2 is 1.90 bits per heavy atom. The molecule has 5 nitrogen and oxygen atoms in total. The van der Waals surface area contributed by atoms with Crippen molar-refractivity contribution >= 4 is 43.4 Å². The third-order valence-corrected chi connectivity index (χ3v) is 6.00. The van der Waals surface area contributed by atoms with E-state index in [0.29, 0.717) is 28.7 Å². The minimum atomic E-state index is -0.129. The minimum absolute atomic E-state index is 0.129. The highest BCUT2D eigenvalue weighted by molar-refractivity contribution is 7.22. The molecule has 0 aliphatic carbocycles. The first-order valence-corrected chi connectivity index (χ1v) is 10.3. The first-order valence-electron chi connectivity index (χ1n) is 9.49. The lowest BCUT2D eigenvalue weighted by Crippen LogP contribution is -2.30. The van der Waals surface area contributed by atoms with E-state index in [9.17, 15) is 4.79 Å². The van der Waals surface area contributed by atoms with Gasteiger partial charge in [-0.15, -0.1) is 0 Å². The van der Waals surface area contributed by atoms with Crippen molar-refractivity contribution in [2.45, 2.75) is 6.54 Å². The van der Waals surface area contributed by atoms with Crippen LogP contribution in [0.3, 0.4) is 0 Å². The van der Waals surface area contributed by atoms with E-state index in [2.05, 4.69) is 0 Å². The number of aromatic nitrogens is 1. The molecule has 0 bridgehead atoms. The van der Waals surface area contributed by atoms with E-state index in [-0.39, 0.29) is 5.91 Å². The van der Waals surface area contributed by atoms with E-state index < -0.39 is 0 Å². The monoisotopic (exact) mass is 414 g/mol. The normalized spacial score (nSPS) is 11.1. The van der Waals surface area contributed by atoms with Crippen LogP contribution >= 0.6 is 11.3 Å². The molecule has 0 fully saturated rings. The van der Waals surface area contributed by atoms with Gasteiger partial charge in [0.1, 0.15) is 17.0 Å². The summed E-state index contributed by atoms with van der Waals surface area (Å²) in [4.78, 5) is 20.0. The lowest BCUT2D eigenvalue weighted by atomic mass is 10.1. The van der Waals surface area contributed by atoms with Gasteiger partial charge in [0.2, 0.25) is 0 Å². The summed E-state index contributed by atoms with van der Waals surface area (Å²) in [5.74, 6) is 1.25. The Morgan fingerprint density at radius 1 is 1.03 bits per heavy atom. The second-order valence-corrected chi connectivity index (χ2v) is 7.85. The van der Waals surface area contributed by atoms with Gasteiger partial charge in [0.25, 0.3) is 5.91 Å². The number of fused-ring (bicyclic) bond motifs is 2. The largest absolute Gasteiger partial charge is 0.494 e.